The molecule has 0 saturated carbocycles. The Kier molecular flexibility index (Phi) is 4.15. The molecule has 112 valence electrons. The molecular weight excluding hydrogens is 302 g/mol. The van der Waals surface area contributed by atoms with Crippen LogP contribution in [0.2, 0.25) is 5.15 Å². The van der Waals surface area contributed by atoms with Gasteiger partial charge in [-0.25, -0.2) is 14.6 Å². The van der Waals surface area contributed by atoms with Crippen LogP contribution in [0.5, 0.6) is 0 Å². The van der Waals surface area contributed by atoms with Gasteiger partial charge in [0.2, 0.25) is 5.95 Å². The maximum absolute atomic E-state index is 5.85. The summed E-state index contributed by atoms with van der Waals surface area (Å²) in [5, 5.41) is 7.59. The Balaban J connectivity index is 1.67. The Hall–Kier alpha value is -2.67. The van der Waals surface area contributed by atoms with Crippen molar-refractivity contribution in [3.8, 4) is 0 Å². The molecule has 0 radical (unpaired) electrons. The number of nitrogen functional groups attached to an aromatic ring is 1. The summed E-state index contributed by atoms with van der Waals surface area (Å²) in [6.07, 6.45) is 3.21. The van der Waals surface area contributed by atoms with Crippen LogP contribution in [0.15, 0.2) is 43.0 Å². The maximum atomic E-state index is 5.85. The predicted molar refractivity (Wildman–Crippen MR) is 84.3 cm³/mol. The van der Waals surface area contributed by atoms with Gasteiger partial charge in [-0.3, -0.25) is 0 Å². The number of rotatable bonds is 5. The number of nitrogens with one attached hydrogen (secondary N) is 1. The molecule has 22 heavy (non-hydrogen) atoms. The number of halogens is 1. The van der Waals surface area contributed by atoms with Crippen molar-refractivity contribution in [1.82, 2.24) is 24.7 Å². The van der Waals surface area contributed by atoms with Crippen LogP contribution in [0, 0.1) is 0 Å². The third-order valence-corrected chi connectivity index (χ3v) is 3.18. The second kappa shape index (κ2) is 6.40. The molecule has 3 aromatic rings. The Morgan fingerprint density at radius 3 is 2.82 bits per heavy atom. The SMILES string of the molecule is Nc1nc(Cl)cc(NCc2cccc(Cn3cncn3)c2)n1. The number of aromatic nitrogens is 5. The summed E-state index contributed by atoms with van der Waals surface area (Å²) in [5.41, 5.74) is 7.83. The zero-order valence-electron chi connectivity index (χ0n) is 11.6. The van der Waals surface area contributed by atoms with Gasteiger partial charge in [-0.2, -0.15) is 10.1 Å². The Bertz CT molecular complexity index is 737. The van der Waals surface area contributed by atoms with Gasteiger partial charge in [0.05, 0.1) is 6.54 Å². The largest absolute Gasteiger partial charge is 0.368 e. The first-order valence-corrected chi connectivity index (χ1v) is 7.01. The van der Waals surface area contributed by atoms with Gasteiger partial charge in [0.15, 0.2) is 0 Å². The first kappa shape index (κ1) is 14.3. The predicted octanol–water partition coefficient (Wildman–Crippen LogP) is 1.96. The average molecular weight is 316 g/mol. The first-order valence-electron chi connectivity index (χ1n) is 6.63. The molecule has 0 aliphatic carbocycles. The molecule has 0 unspecified atom stereocenters. The van der Waals surface area contributed by atoms with E-state index in [1.54, 1.807) is 17.1 Å². The molecule has 0 atom stereocenters. The molecule has 8 heteroatoms. The monoisotopic (exact) mass is 315 g/mol. The number of hydrogen-bond acceptors (Lipinski definition) is 6. The molecule has 0 fully saturated rings. The van der Waals surface area contributed by atoms with E-state index in [9.17, 15) is 0 Å². The summed E-state index contributed by atoms with van der Waals surface area (Å²) in [6.45, 7) is 1.29. The fourth-order valence-corrected chi connectivity index (χ4v) is 2.25. The van der Waals surface area contributed by atoms with E-state index in [2.05, 4.69) is 31.4 Å². The normalized spacial score (nSPS) is 10.6. The Morgan fingerprint density at radius 2 is 2.05 bits per heavy atom. The fourth-order valence-electron chi connectivity index (χ4n) is 2.06. The van der Waals surface area contributed by atoms with E-state index in [1.165, 1.54) is 6.33 Å². The Labute approximate surface area is 132 Å². The van der Waals surface area contributed by atoms with Crippen molar-refractivity contribution in [2.24, 2.45) is 0 Å². The summed E-state index contributed by atoms with van der Waals surface area (Å²) < 4.78 is 1.78. The van der Waals surface area contributed by atoms with E-state index in [0.717, 1.165) is 11.1 Å². The van der Waals surface area contributed by atoms with Crippen LogP contribution < -0.4 is 11.1 Å². The quantitative estimate of drug-likeness (QED) is 0.699. The number of hydrogen-bond donors (Lipinski definition) is 2. The van der Waals surface area contributed by atoms with Gasteiger partial charge < -0.3 is 11.1 Å². The third-order valence-electron chi connectivity index (χ3n) is 2.99. The number of anilines is 2. The highest BCUT2D eigenvalue weighted by Crippen LogP contribution is 2.14. The van der Waals surface area contributed by atoms with Crippen molar-refractivity contribution in [3.63, 3.8) is 0 Å². The van der Waals surface area contributed by atoms with E-state index in [4.69, 9.17) is 17.3 Å². The summed E-state index contributed by atoms with van der Waals surface area (Å²) in [7, 11) is 0. The third kappa shape index (κ3) is 3.70. The lowest BCUT2D eigenvalue weighted by Crippen LogP contribution is -2.05. The van der Waals surface area contributed by atoms with E-state index < -0.39 is 0 Å². The minimum atomic E-state index is 0.148. The minimum Gasteiger partial charge on any atom is -0.368 e. The van der Waals surface area contributed by atoms with Crippen LogP contribution in [-0.2, 0) is 13.1 Å². The van der Waals surface area contributed by atoms with Crippen molar-refractivity contribution in [3.05, 3.63) is 59.3 Å². The average Bonchev–Trinajstić information content (AvgIpc) is 2.97. The van der Waals surface area contributed by atoms with Gasteiger partial charge in [0, 0.05) is 12.6 Å². The molecule has 0 aliphatic rings. The molecule has 0 saturated heterocycles. The number of nitrogens with two attached hydrogens (primary N) is 1. The summed E-state index contributed by atoms with van der Waals surface area (Å²) in [5.74, 6) is 0.745. The van der Waals surface area contributed by atoms with Crippen molar-refractivity contribution >= 4 is 23.4 Å². The minimum absolute atomic E-state index is 0.148. The molecule has 0 spiro atoms. The van der Waals surface area contributed by atoms with E-state index in [-0.39, 0.29) is 5.95 Å². The molecule has 1 aromatic carbocycles. The molecule has 0 amide bonds. The molecular formula is C14H14ClN7. The lowest BCUT2D eigenvalue weighted by Gasteiger charge is -2.08. The summed E-state index contributed by atoms with van der Waals surface area (Å²) in [4.78, 5) is 11.8. The fraction of sp³-hybridized carbons (Fsp3) is 0.143. The second-order valence-electron chi connectivity index (χ2n) is 4.70. The smallest absolute Gasteiger partial charge is 0.223 e. The maximum Gasteiger partial charge on any atom is 0.223 e. The van der Waals surface area contributed by atoms with Gasteiger partial charge in [-0.05, 0) is 11.1 Å². The molecule has 7 nitrogen and oxygen atoms in total. The van der Waals surface area contributed by atoms with Crippen LogP contribution in [0.25, 0.3) is 0 Å². The second-order valence-corrected chi connectivity index (χ2v) is 5.09. The van der Waals surface area contributed by atoms with E-state index in [1.807, 2.05) is 18.2 Å². The standard InChI is InChI=1S/C14H14ClN7/c15-12-5-13(21-14(16)20-12)18-6-10-2-1-3-11(4-10)7-22-9-17-8-19-22/h1-5,8-9H,6-7H2,(H3,16,18,20,21). The highest BCUT2D eigenvalue weighted by Gasteiger charge is 2.02. The Morgan fingerprint density at radius 1 is 1.18 bits per heavy atom. The molecule has 3 N–H and O–H groups in total. The lowest BCUT2D eigenvalue weighted by molar-refractivity contribution is 0.684. The summed E-state index contributed by atoms with van der Waals surface area (Å²) >= 11 is 5.85. The molecule has 0 aliphatic heterocycles. The molecule has 2 aromatic heterocycles. The van der Waals surface area contributed by atoms with Gasteiger partial charge in [-0.1, -0.05) is 35.9 Å². The van der Waals surface area contributed by atoms with E-state index >= 15 is 0 Å². The van der Waals surface area contributed by atoms with Crippen LogP contribution in [0.4, 0.5) is 11.8 Å². The van der Waals surface area contributed by atoms with Gasteiger partial charge in [0.25, 0.3) is 0 Å². The zero-order valence-corrected chi connectivity index (χ0v) is 12.4. The highest BCUT2D eigenvalue weighted by molar-refractivity contribution is 6.29. The van der Waals surface area contributed by atoms with Crippen molar-refractivity contribution in [1.29, 1.82) is 0 Å². The van der Waals surface area contributed by atoms with Gasteiger partial charge >= 0.3 is 0 Å². The van der Waals surface area contributed by atoms with Crippen LogP contribution in [0.1, 0.15) is 11.1 Å². The topological polar surface area (TPSA) is 94.5 Å². The van der Waals surface area contributed by atoms with Gasteiger partial charge in [0.1, 0.15) is 23.6 Å². The molecule has 3 rings (SSSR count). The van der Waals surface area contributed by atoms with Crippen molar-refractivity contribution in [2.75, 3.05) is 11.1 Å². The van der Waals surface area contributed by atoms with Crippen LogP contribution >= 0.6 is 11.6 Å². The van der Waals surface area contributed by atoms with Gasteiger partial charge in [-0.15, -0.1) is 0 Å². The number of benzene rings is 1. The molecule has 0 bridgehead atoms. The zero-order chi connectivity index (χ0) is 15.4. The van der Waals surface area contributed by atoms with Crippen LogP contribution in [0.3, 0.4) is 0 Å². The lowest BCUT2D eigenvalue weighted by atomic mass is 10.1. The van der Waals surface area contributed by atoms with Crippen molar-refractivity contribution < 1.29 is 0 Å². The highest BCUT2D eigenvalue weighted by atomic mass is 35.5. The summed E-state index contributed by atoms with van der Waals surface area (Å²) in [6, 6.07) is 9.82. The first-order chi connectivity index (χ1) is 10.7. The van der Waals surface area contributed by atoms with Crippen LogP contribution in [-0.4, -0.2) is 24.7 Å². The number of nitrogens with zero attached hydrogens (tertiary/aromatic N) is 5. The molecule has 2 heterocycles. The van der Waals surface area contributed by atoms with E-state index in [0.29, 0.717) is 24.1 Å². The van der Waals surface area contributed by atoms with Crippen molar-refractivity contribution in [2.45, 2.75) is 13.1 Å².